The molecule has 1 saturated carbocycles. The summed E-state index contributed by atoms with van der Waals surface area (Å²) in [6.07, 6.45) is 3.41. The van der Waals surface area contributed by atoms with Gasteiger partial charge in [-0.15, -0.1) is 0 Å². The number of methoxy groups -OCH3 is 1. The fourth-order valence-corrected chi connectivity index (χ4v) is 4.07. The van der Waals surface area contributed by atoms with Gasteiger partial charge in [0, 0.05) is 11.4 Å². The van der Waals surface area contributed by atoms with Crippen molar-refractivity contribution in [1.29, 1.82) is 0 Å². The van der Waals surface area contributed by atoms with Crippen LogP contribution in [-0.2, 0) is 20.7 Å². The summed E-state index contributed by atoms with van der Waals surface area (Å²) in [5, 5.41) is 3.41. The Hall–Kier alpha value is -1.79. The molecule has 7 heteroatoms. The molecule has 2 unspecified atom stereocenters. The summed E-state index contributed by atoms with van der Waals surface area (Å²) in [4.78, 5) is 27.2. The van der Waals surface area contributed by atoms with Crippen LogP contribution in [-0.4, -0.2) is 54.7 Å². The lowest BCUT2D eigenvalue weighted by atomic mass is 9.78. The maximum absolute atomic E-state index is 13.0. The van der Waals surface area contributed by atoms with E-state index in [1.165, 1.54) is 0 Å². The molecule has 2 heterocycles. The number of hydrogen-bond acceptors (Lipinski definition) is 4. The first-order valence-corrected chi connectivity index (χ1v) is 8.96. The molecular weight excluding hydrogens is 344 g/mol. The van der Waals surface area contributed by atoms with Crippen LogP contribution in [0.25, 0.3) is 0 Å². The second kappa shape index (κ2) is 6.18. The molecule has 1 spiro atoms. The van der Waals surface area contributed by atoms with Gasteiger partial charge in [0.15, 0.2) is 0 Å². The maximum atomic E-state index is 13.0. The van der Waals surface area contributed by atoms with Gasteiger partial charge in [0.1, 0.15) is 17.8 Å². The van der Waals surface area contributed by atoms with Crippen LogP contribution in [0.4, 0.5) is 0 Å². The third-order valence-electron chi connectivity index (χ3n) is 5.52. The lowest BCUT2D eigenvalue weighted by Gasteiger charge is -2.53. The second-order valence-corrected chi connectivity index (χ2v) is 7.49. The van der Waals surface area contributed by atoms with Crippen molar-refractivity contribution in [3.05, 3.63) is 28.8 Å². The van der Waals surface area contributed by atoms with Crippen LogP contribution in [0, 0.1) is 0 Å². The Bertz CT molecular complexity index is 719. The lowest BCUT2D eigenvalue weighted by molar-refractivity contribution is -0.192. The van der Waals surface area contributed by atoms with Gasteiger partial charge < -0.3 is 19.7 Å². The molecule has 3 aliphatic rings. The fourth-order valence-electron chi connectivity index (χ4n) is 3.91. The number of halogens is 1. The van der Waals surface area contributed by atoms with Crippen molar-refractivity contribution >= 4 is 23.4 Å². The predicted octanol–water partition coefficient (Wildman–Crippen LogP) is 1.54. The third kappa shape index (κ3) is 2.87. The zero-order valence-corrected chi connectivity index (χ0v) is 14.8. The number of carbonyl (C=O) groups excluding carboxylic acids is 2. The van der Waals surface area contributed by atoms with E-state index in [1.807, 2.05) is 6.07 Å². The van der Waals surface area contributed by atoms with Crippen molar-refractivity contribution in [2.75, 3.05) is 20.3 Å². The SMILES string of the molecule is COc1cc(Cl)ccc1CC1NC(=O)C2COC3(CCC3)CN2C1=O. The Morgan fingerprint density at radius 3 is 2.88 bits per heavy atom. The molecule has 2 saturated heterocycles. The number of carbonyl (C=O) groups is 2. The van der Waals surface area contributed by atoms with Crippen LogP contribution in [0.3, 0.4) is 0 Å². The molecule has 1 aliphatic carbocycles. The number of fused-ring (bicyclic) bond motifs is 1. The molecular formula is C18H21ClN2O4. The Balaban J connectivity index is 1.55. The summed E-state index contributed by atoms with van der Waals surface area (Å²) in [6.45, 7) is 0.798. The minimum atomic E-state index is -0.589. The van der Waals surface area contributed by atoms with Crippen LogP contribution in [0.5, 0.6) is 5.75 Å². The molecule has 2 atom stereocenters. The zero-order valence-electron chi connectivity index (χ0n) is 14.1. The molecule has 6 nitrogen and oxygen atoms in total. The Kier molecular flexibility index (Phi) is 4.12. The number of nitrogens with one attached hydrogen (secondary N) is 1. The normalized spacial score (nSPS) is 27.5. The number of piperazine rings is 1. The highest BCUT2D eigenvalue weighted by atomic mass is 35.5. The molecule has 0 bridgehead atoms. The van der Waals surface area contributed by atoms with Crippen molar-refractivity contribution in [3.63, 3.8) is 0 Å². The topological polar surface area (TPSA) is 67.9 Å². The molecule has 1 N–H and O–H groups in total. The predicted molar refractivity (Wildman–Crippen MR) is 91.7 cm³/mol. The van der Waals surface area contributed by atoms with E-state index in [9.17, 15) is 9.59 Å². The Morgan fingerprint density at radius 1 is 1.40 bits per heavy atom. The van der Waals surface area contributed by atoms with E-state index in [4.69, 9.17) is 21.1 Å². The minimum absolute atomic E-state index is 0.0452. The van der Waals surface area contributed by atoms with Crippen molar-refractivity contribution < 1.29 is 19.1 Å². The second-order valence-electron chi connectivity index (χ2n) is 7.05. The van der Waals surface area contributed by atoms with Gasteiger partial charge in [-0.3, -0.25) is 9.59 Å². The molecule has 1 aromatic rings. The average molecular weight is 365 g/mol. The fraction of sp³-hybridized carbons (Fsp3) is 0.556. The summed E-state index contributed by atoms with van der Waals surface area (Å²) < 4.78 is 11.3. The maximum Gasteiger partial charge on any atom is 0.246 e. The van der Waals surface area contributed by atoms with Crippen LogP contribution in [0.15, 0.2) is 18.2 Å². The monoisotopic (exact) mass is 364 g/mol. The first-order chi connectivity index (χ1) is 12.0. The van der Waals surface area contributed by atoms with Gasteiger partial charge in [-0.1, -0.05) is 17.7 Å². The first-order valence-electron chi connectivity index (χ1n) is 8.59. The minimum Gasteiger partial charge on any atom is -0.496 e. The van der Waals surface area contributed by atoms with Gasteiger partial charge in [-0.2, -0.15) is 0 Å². The van der Waals surface area contributed by atoms with E-state index in [2.05, 4.69) is 5.32 Å². The van der Waals surface area contributed by atoms with E-state index in [1.54, 1.807) is 24.1 Å². The van der Waals surface area contributed by atoms with E-state index < -0.39 is 12.1 Å². The third-order valence-corrected chi connectivity index (χ3v) is 5.76. The van der Waals surface area contributed by atoms with Gasteiger partial charge in [0.25, 0.3) is 0 Å². The summed E-state index contributed by atoms with van der Waals surface area (Å²) in [5.74, 6) is 0.428. The number of amides is 2. The summed E-state index contributed by atoms with van der Waals surface area (Å²) in [7, 11) is 1.56. The molecule has 0 aromatic heterocycles. The molecule has 2 amide bonds. The first kappa shape index (κ1) is 16.7. The van der Waals surface area contributed by atoms with Crippen molar-refractivity contribution in [1.82, 2.24) is 10.2 Å². The molecule has 25 heavy (non-hydrogen) atoms. The van der Waals surface area contributed by atoms with Crippen molar-refractivity contribution in [2.24, 2.45) is 0 Å². The summed E-state index contributed by atoms with van der Waals surface area (Å²) in [5.41, 5.74) is 0.613. The number of ether oxygens (including phenoxy) is 2. The zero-order chi connectivity index (χ0) is 17.6. The van der Waals surface area contributed by atoms with E-state index in [0.717, 1.165) is 24.8 Å². The van der Waals surface area contributed by atoms with Gasteiger partial charge in [0.2, 0.25) is 11.8 Å². The molecule has 1 aromatic carbocycles. The molecule has 0 radical (unpaired) electrons. The number of hydrogen-bond donors (Lipinski definition) is 1. The summed E-state index contributed by atoms with van der Waals surface area (Å²) >= 11 is 6.00. The standard InChI is InChI=1S/C18H21ClN2O4/c1-24-15-8-12(19)4-3-11(15)7-13-17(23)21-10-18(5-2-6-18)25-9-14(21)16(22)20-13/h3-4,8,13-14H,2,5-7,9-10H2,1H3,(H,20,22). The van der Waals surface area contributed by atoms with E-state index in [0.29, 0.717) is 23.7 Å². The summed E-state index contributed by atoms with van der Waals surface area (Å²) in [6, 6.07) is 4.21. The highest BCUT2D eigenvalue weighted by molar-refractivity contribution is 6.30. The highest BCUT2D eigenvalue weighted by Crippen LogP contribution is 2.40. The molecule has 2 aliphatic heterocycles. The Morgan fingerprint density at radius 2 is 2.20 bits per heavy atom. The number of nitrogens with zero attached hydrogens (tertiary/aromatic N) is 1. The molecule has 4 rings (SSSR count). The van der Waals surface area contributed by atoms with Gasteiger partial charge >= 0.3 is 0 Å². The van der Waals surface area contributed by atoms with Crippen molar-refractivity contribution in [3.8, 4) is 5.75 Å². The van der Waals surface area contributed by atoms with Gasteiger partial charge in [0.05, 0.1) is 25.9 Å². The lowest BCUT2D eigenvalue weighted by Crippen LogP contribution is -2.71. The number of morpholine rings is 1. The number of rotatable bonds is 3. The van der Waals surface area contributed by atoms with Crippen LogP contribution in [0.1, 0.15) is 24.8 Å². The van der Waals surface area contributed by atoms with Crippen LogP contribution < -0.4 is 10.1 Å². The quantitative estimate of drug-likeness (QED) is 0.883. The van der Waals surface area contributed by atoms with E-state index >= 15 is 0 Å². The van der Waals surface area contributed by atoms with E-state index in [-0.39, 0.29) is 24.0 Å². The van der Waals surface area contributed by atoms with Crippen molar-refractivity contribution in [2.45, 2.75) is 43.4 Å². The Labute approximate surface area is 151 Å². The average Bonchev–Trinajstić information content (AvgIpc) is 2.59. The highest BCUT2D eigenvalue weighted by Gasteiger charge is 2.51. The van der Waals surface area contributed by atoms with Crippen LogP contribution >= 0.6 is 11.6 Å². The van der Waals surface area contributed by atoms with Gasteiger partial charge in [-0.05, 0) is 37.0 Å². The molecule has 3 fully saturated rings. The number of benzene rings is 1. The molecule has 134 valence electrons. The van der Waals surface area contributed by atoms with Gasteiger partial charge in [-0.25, -0.2) is 0 Å². The smallest absolute Gasteiger partial charge is 0.246 e. The van der Waals surface area contributed by atoms with Crippen LogP contribution in [0.2, 0.25) is 5.02 Å². The largest absolute Gasteiger partial charge is 0.496 e.